The quantitative estimate of drug-likeness (QED) is 0.531. The summed E-state index contributed by atoms with van der Waals surface area (Å²) in [6, 6.07) is 9.37. The summed E-state index contributed by atoms with van der Waals surface area (Å²) < 4.78 is 8.00. The van der Waals surface area contributed by atoms with Crippen LogP contribution in [0.5, 0.6) is 0 Å². The van der Waals surface area contributed by atoms with Crippen LogP contribution in [0.3, 0.4) is 0 Å². The Kier molecular flexibility index (Phi) is 2.58. The first-order chi connectivity index (χ1) is 10.7. The first kappa shape index (κ1) is 12.4. The highest BCUT2D eigenvalue weighted by Gasteiger charge is 2.18. The molecule has 0 spiro atoms. The number of imidazole rings is 1. The van der Waals surface area contributed by atoms with Crippen molar-refractivity contribution in [2.45, 2.75) is 0 Å². The van der Waals surface area contributed by atoms with Gasteiger partial charge in [0, 0.05) is 12.6 Å². The summed E-state index contributed by atoms with van der Waals surface area (Å²) in [5.41, 5.74) is 1.03. The fourth-order valence-corrected chi connectivity index (χ4v) is 2.05. The maximum absolute atomic E-state index is 11.9. The highest BCUT2D eigenvalue weighted by Crippen LogP contribution is 2.24. The van der Waals surface area contributed by atoms with E-state index >= 15 is 0 Å². The van der Waals surface area contributed by atoms with Crippen LogP contribution in [0.15, 0.2) is 45.9 Å². The highest BCUT2D eigenvalue weighted by atomic mass is 16.4. The third kappa shape index (κ3) is 1.79. The molecule has 0 N–H and O–H groups in total. The zero-order valence-corrected chi connectivity index (χ0v) is 11.4. The van der Waals surface area contributed by atoms with Crippen LogP contribution in [-0.2, 0) is 7.05 Å². The topological polar surface area (TPSA) is 104 Å². The third-order valence-corrected chi connectivity index (χ3v) is 3.15. The molecule has 3 aromatic heterocycles. The van der Waals surface area contributed by atoms with Crippen molar-refractivity contribution in [2.75, 3.05) is 0 Å². The van der Waals surface area contributed by atoms with Gasteiger partial charge in [-0.1, -0.05) is 23.4 Å². The van der Waals surface area contributed by atoms with Crippen molar-refractivity contribution in [3.8, 4) is 23.0 Å². The summed E-state index contributed by atoms with van der Waals surface area (Å²) in [6.45, 7) is 0. The minimum absolute atomic E-state index is 0.184. The van der Waals surface area contributed by atoms with Crippen molar-refractivity contribution in [2.24, 2.45) is 7.05 Å². The number of aryl methyl sites for hydroxylation is 1. The molecule has 0 saturated carbocycles. The predicted molar refractivity (Wildman–Crippen MR) is 74.8 cm³/mol. The monoisotopic (exact) mass is 295 g/mol. The second-order valence-corrected chi connectivity index (χ2v) is 4.56. The maximum Gasteiger partial charge on any atom is 0.352 e. The van der Waals surface area contributed by atoms with Crippen molar-refractivity contribution in [1.29, 1.82) is 0 Å². The Balaban J connectivity index is 1.85. The number of hydrogen-bond acceptors (Lipinski definition) is 7. The molecule has 0 aliphatic rings. The normalized spacial score (nSPS) is 11.1. The van der Waals surface area contributed by atoms with Gasteiger partial charge in [0.1, 0.15) is 6.33 Å². The van der Waals surface area contributed by atoms with E-state index in [0.29, 0.717) is 11.6 Å². The van der Waals surface area contributed by atoms with E-state index in [-0.39, 0.29) is 17.2 Å². The molecule has 0 aliphatic heterocycles. The van der Waals surface area contributed by atoms with Gasteiger partial charge < -0.3 is 4.42 Å². The molecule has 9 nitrogen and oxygen atoms in total. The number of rotatable bonds is 2. The van der Waals surface area contributed by atoms with E-state index in [1.807, 2.05) is 30.3 Å². The Morgan fingerprint density at radius 3 is 2.64 bits per heavy atom. The van der Waals surface area contributed by atoms with Gasteiger partial charge in [-0.25, -0.2) is 14.2 Å². The molecule has 0 atom stereocenters. The van der Waals surface area contributed by atoms with E-state index in [1.165, 1.54) is 17.8 Å². The molecule has 0 radical (unpaired) electrons. The molecule has 0 bridgehead atoms. The van der Waals surface area contributed by atoms with Gasteiger partial charge >= 0.3 is 5.69 Å². The smallest absolute Gasteiger partial charge is 0.352 e. The summed E-state index contributed by atoms with van der Waals surface area (Å²) >= 11 is 0. The zero-order chi connectivity index (χ0) is 15.1. The zero-order valence-electron chi connectivity index (χ0n) is 11.4. The van der Waals surface area contributed by atoms with E-state index in [1.54, 1.807) is 0 Å². The van der Waals surface area contributed by atoms with E-state index in [2.05, 4.69) is 25.5 Å². The minimum Gasteiger partial charge on any atom is -0.414 e. The summed E-state index contributed by atoms with van der Waals surface area (Å²) in [6.07, 6.45) is 1.36. The summed E-state index contributed by atoms with van der Waals surface area (Å²) in [5.74, 6) is 0.553. The summed E-state index contributed by atoms with van der Waals surface area (Å²) in [5, 5.41) is 15.6. The van der Waals surface area contributed by atoms with E-state index < -0.39 is 0 Å². The number of hydrogen-bond donors (Lipinski definition) is 0. The first-order valence-electron chi connectivity index (χ1n) is 6.40. The van der Waals surface area contributed by atoms with Gasteiger partial charge in [-0.2, -0.15) is 4.68 Å². The van der Waals surface area contributed by atoms with Crippen LogP contribution in [0.2, 0.25) is 0 Å². The Hall–Kier alpha value is -3.36. The van der Waals surface area contributed by atoms with Crippen LogP contribution in [0.25, 0.3) is 28.7 Å². The fourth-order valence-electron chi connectivity index (χ4n) is 2.05. The van der Waals surface area contributed by atoms with Gasteiger partial charge in [-0.15, -0.1) is 15.3 Å². The van der Waals surface area contributed by atoms with Crippen molar-refractivity contribution in [3.05, 3.63) is 47.1 Å². The molecule has 4 aromatic rings. The lowest BCUT2D eigenvalue weighted by molar-refractivity contribution is 0.581. The van der Waals surface area contributed by atoms with Gasteiger partial charge in [0.25, 0.3) is 5.89 Å². The van der Waals surface area contributed by atoms with Gasteiger partial charge in [0.05, 0.1) is 0 Å². The van der Waals surface area contributed by atoms with Crippen LogP contribution < -0.4 is 5.69 Å². The second-order valence-electron chi connectivity index (χ2n) is 4.56. The molecule has 22 heavy (non-hydrogen) atoms. The predicted octanol–water partition coefficient (Wildman–Crippen LogP) is 0.540. The van der Waals surface area contributed by atoms with Crippen LogP contribution >= 0.6 is 0 Å². The molecule has 3 heterocycles. The Bertz CT molecular complexity index is 1020. The molecular weight excluding hydrogens is 286 g/mol. The fraction of sp³-hybridized carbons (Fsp3) is 0.0769. The van der Waals surface area contributed by atoms with Crippen molar-refractivity contribution < 1.29 is 4.42 Å². The SMILES string of the molecule is Cn1nnc2c(-c3nnc(-c4ccccc4)o3)ncn2c1=O. The molecule has 1 aromatic carbocycles. The van der Waals surface area contributed by atoms with Crippen LogP contribution in [-0.4, -0.2) is 34.6 Å². The summed E-state index contributed by atoms with van der Waals surface area (Å²) in [7, 11) is 1.51. The number of aromatic nitrogens is 7. The molecule has 4 rings (SSSR count). The van der Waals surface area contributed by atoms with Crippen LogP contribution in [0.1, 0.15) is 0 Å². The number of nitrogens with zero attached hydrogens (tertiary/aromatic N) is 7. The molecular formula is C13H9N7O2. The van der Waals surface area contributed by atoms with Crippen molar-refractivity contribution >= 4 is 5.65 Å². The van der Waals surface area contributed by atoms with Gasteiger partial charge in [0.2, 0.25) is 5.89 Å². The largest absolute Gasteiger partial charge is 0.414 e. The molecule has 0 fully saturated rings. The number of fused-ring (bicyclic) bond motifs is 1. The number of benzene rings is 1. The first-order valence-corrected chi connectivity index (χ1v) is 6.40. The third-order valence-electron chi connectivity index (χ3n) is 3.15. The minimum atomic E-state index is -0.355. The van der Waals surface area contributed by atoms with E-state index in [9.17, 15) is 4.79 Å². The second kappa shape index (κ2) is 4.58. The lowest BCUT2D eigenvalue weighted by atomic mass is 10.2. The van der Waals surface area contributed by atoms with Gasteiger partial charge in [-0.3, -0.25) is 0 Å². The molecule has 0 aliphatic carbocycles. The lowest BCUT2D eigenvalue weighted by Gasteiger charge is -1.95. The molecule has 0 saturated heterocycles. The van der Waals surface area contributed by atoms with Crippen LogP contribution in [0, 0.1) is 0 Å². The van der Waals surface area contributed by atoms with E-state index in [0.717, 1.165) is 10.2 Å². The highest BCUT2D eigenvalue weighted by molar-refractivity contribution is 5.67. The molecule has 0 amide bonds. The van der Waals surface area contributed by atoms with Gasteiger partial charge in [-0.05, 0) is 12.1 Å². The lowest BCUT2D eigenvalue weighted by Crippen LogP contribution is -2.26. The van der Waals surface area contributed by atoms with Crippen molar-refractivity contribution in [3.63, 3.8) is 0 Å². The van der Waals surface area contributed by atoms with Crippen LogP contribution in [0.4, 0.5) is 0 Å². The Morgan fingerprint density at radius 2 is 1.82 bits per heavy atom. The molecule has 108 valence electrons. The summed E-state index contributed by atoms with van der Waals surface area (Å²) in [4.78, 5) is 16.0. The Morgan fingerprint density at radius 1 is 1.05 bits per heavy atom. The van der Waals surface area contributed by atoms with Gasteiger partial charge in [0.15, 0.2) is 11.3 Å². The average Bonchev–Trinajstić information content (AvgIpc) is 3.18. The maximum atomic E-state index is 11.9. The standard InChI is InChI=1S/C13H9N7O2/c1-19-13(21)20-7-14-9(10(20)15-18-19)12-17-16-11(22-12)8-5-3-2-4-6-8/h2-7H,1H3. The van der Waals surface area contributed by atoms with Crippen molar-refractivity contribution in [1.82, 2.24) is 34.6 Å². The average molecular weight is 295 g/mol. The Labute approximate surface area is 122 Å². The molecule has 0 unspecified atom stereocenters. The van der Waals surface area contributed by atoms with E-state index in [4.69, 9.17) is 4.42 Å². The molecule has 9 heteroatoms.